The van der Waals surface area contributed by atoms with Gasteiger partial charge >= 0.3 is 0 Å². The van der Waals surface area contributed by atoms with E-state index in [0.29, 0.717) is 6.42 Å². The number of nitrogens with zero attached hydrogens (tertiary/aromatic N) is 1. The van der Waals surface area contributed by atoms with Gasteiger partial charge in [-0.15, -0.1) is 0 Å². The van der Waals surface area contributed by atoms with Crippen molar-refractivity contribution >= 4 is 17.8 Å². The first kappa shape index (κ1) is 5.44. The van der Waals surface area contributed by atoms with Crippen molar-refractivity contribution in [3.05, 3.63) is 17.1 Å². The van der Waals surface area contributed by atoms with Crippen LogP contribution < -0.4 is 0 Å². The molecule has 0 aromatic carbocycles. The van der Waals surface area contributed by atoms with Gasteiger partial charge in [0.1, 0.15) is 6.29 Å². The third-order valence-electron chi connectivity index (χ3n) is 0.776. The number of hydrogen-bond donors (Lipinski definition) is 0. The monoisotopic (exact) mass is 127 g/mol. The van der Waals surface area contributed by atoms with E-state index in [0.717, 1.165) is 11.2 Å². The normalized spacial score (nSPS) is 9.00. The Kier molecular flexibility index (Phi) is 1.75. The molecule has 0 atom stereocenters. The van der Waals surface area contributed by atoms with Gasteiger partial charge in [0.2, 0.25) is 0 Å². The highest BCUT2D eigenvalue weighted by atomic mass is 32.1. The topological polar surface area (TPSA) is 30.0 Å². The lowest BCUT2D eigenvalue weighted by Crippen LogP contribution is -1.76. The Hall–Kier alpha value is -0.700. The lowest BCUT2D eigenvalue weighted by Gasteiger charge is -1.76. The fourth-order valence-corrected chi connectivity index (χ4v) is 0.951. The number of hydrogen-bond acceptors (Lipinski definition) is 3. The first-order chi connectivity index (χ1) is 3.93. The molecule has 1 aromatic heterocycles. The maximum atomic E-state index is 9.85. The lowest BCUT2D eigenvalue weighted by molar-refractivity contribution is -0.107. The summed E-state index contributed by atoms with van der Waals surface area (Å²) in [6.07, 6.45) is 3.08. The Labute approximate surface area is 51.3 Å². The van der Waals surface area contributed by atoms with Crippen LogP contribution in [0.5, 0.6) is 0 Å². The second-order valence-electron chi connectivity index (χ2n) is 1.35. The Morgan fingerprint density at radius 3 is 3.25 bits per heavy atom. The van der Waals surface area contributed by atoms with Gasteiger partial charge in [-0.3, -0.25) is 0 Å². The number of carbonyl (C=O) groups is 1. The van der Waals surface area contributed by atoms with E-state index in [9.17, 15) is 4.79 Å². The van der Waals surface area contributed by atoms with Gasteiger partial charge in [-0.25, -0.2) is 4.37 Å². The van der Waals surface area contributed by atoms with E-state index in [2.05, 4.69) is 4.37 Å². The first-order valence-electron chi connectivity index (χ1n) is 2.26. The zero-order valence-electron chi connectivity index (χ0n) is 4.20. The summed E-state index contributed by atoms with van der Waals surface area (Å²) in [7, 11) is 0. The summed E-state index contributed by atoms with van der Waals surface area (Å²) in [6, 6.07) is 1.85. The molecule has 3 heteroatoms. The molecule has 0 bridgehead atoms. The van der Waals surface area contributed by atoms with Crippen LogP contribution in [0.15, 0.2) is 12.3 Å². The van der Waals surface area contributed by atoms with E-state index in [1.54, 1.807) is 6.20 Å². The maximum Gasteiger partial charge on any atom is 0.125 e. The second-order valence-corrected chi connectivity index (χ2v) is 2.27. The van der Waals surface area contributed by atoms with E-state index in [4.69, 9.17) is 0 Å². The molecule has 0 aliphatic carbocycles. The van der Waals surface area contributed by atoms with E-state index < -0.39 is 0 Å². The average Bonchev–Trinajstić information content (AvgIpc) is 2.19. The summed E-state index contributed by atoms with van der Waals surface area (Å²) in [5.74, 6) is 0. The van der Waals surface area contributed by atoms with Crippen LogP contribution in [-0.2, 0) is 11.2 Å². The molecule has 0 fully saturated rings. The zero-order valence-corrected chi connectivity index (χ0v) is 5.02. The molecule has 1 rings (SSSR count). The van der Waals surface area contributed by atoms with E-state index in [-0.39, 0.29) is 0 Å². The van der Waals surface area contributed by atoms with Crippen LogP contribution in [0.25, 0.3) is 0 Å². The smallest absolute Gasteiger partial charge is 0.125 e. The summed E-state index contributed by atoms with van der Waals surface area (Å²) >= 11 is 1.37. The standard InChI is InChI=1S/C5H5NOS/c7-4-2-5-1-3-6-8-5/h1,3-4H,2H2. The molecular weight excluding hydrogens is 122 g/mol. The third kappa shape index (κ3) is 1.13. The molecule has 8 heavy (non-hydrogen) atoms. The summed E-state index contributed by atoms with van der Waals surface area (Å²) in [5.41, 5.74) is 0. The van der Waals surface area contributed by atoms with Crippen LogP contribution in [-0.4, -0.2) is 10.7 Å². The van der Waals surface area contributed by atoms with E-state index >= 15 is 0 Å². The van der Waals surface area contributed by atoms with Gasteiger partial charge in [0.25, 0.3) is 0 Å². The van der Waals surface area contributed by atoms with Crippen LogP contribution in [0.3, 0.4) is 0 Å². The van der Waals surface area contributed by atoms with Crippen LogP contribution in [0.2, 0.25) is 0 Å². The molecule has 0 aliphatic rings. The Morgan fingerprint density at radius 2 is 2.75 bits per heavy atom. The summed E-state index contributed by atoms with van der Waals surface area (Å²) in [4.78, 5) is 10.9. The minimum absolute atomic E-state index is 0.505. The van der Waals surface area contributed by atoms with Gasteiger partial charge in [-0.1, -0.05) is 0 Å². The van der Waals surface area contributed by atoms with Gasteiger partial charge < -0.3 is 4.79 Å². The molecule has 42 valence electrons. The van der Waals surface area contributed by atoms with Crippen molar-refractivity contribution in [2.24, 2.45) is 0 Å². The van der Waals surface area contributed by atoms with Crippen LogP contribution in [0.4, 0.5) is 0 Å². The molecule has 0 aliphatic heterocycles. The highest BCUT2D eigenvalue weighted by Gasteiger charge is 1.88. The molecule has 1 aromatic rings. The van der Waals surface area contributed by atoms with Crippen molar-refractivity contribution in [1.82, 2.24) is 4.37 Å². The van der Waals surface area contributed by atoms with Gasteiger partial charge in [0.15, 0.2) is 0 Å². The maximum absolute atomic E-state index is 9.85. The molecule has 0 spiro atoms. The predicted octanol–water partition coefficient (Wildman–Crippen LogP) is 0.885. The average molecular weight is 127 g/mol. The first-order valence-corrected chi connectivity index (χ1v) is 3.04. The van der Waals surface area contributed by atoms with Crippen molar-refractivity contribution in [2.75, 3.05) is 0 Å². The van der Waals surface area contributed by atoms with Crippen molar-refractivity contribution < 1.29 is 4.79 Å². The summed E-state index contributed by atoms with van der Waals surface area (Å²) in [5, 5.41) is 0. The minimum Gasteiger partial charge on any atom is -0.303 e. The molecule has 0 saturated carbocycles. The van der Waals surface area contributed by atoms with Gasteiger partial charge in [0, 0.05) is 17.5 Å². The van der Waals surface area contributed by atoms with Crippen LogP contribution in [0, 0.1) is 0 Å². The van der Waals surface area contributed by atoms with Crippen LogP contribution in [0.1, 0.15) is 4.88 Å². The summed E-state index contributed by atoms with van der Waals surface area (Å²) < 4.78 is 3.82. The van der Waals surface area contributed by atoms with Gasteiger partial charge in [-0.2, -0.15) is 0 Å². The Balaban J connectivity index is 2.62. The van der Waals surface area contributed by atoms with Crippen LogP contribution >= 0.6 is 11.5 Å². The van der Waals surface area contributed by atoms with Gasteiger partial charge in [-0.05, 0) is 17.6 Å². The predicted molar refractivity (Wildman–Crippen MR) is 31.9 cm³/mol. The Bertz CT molecular complexity index is 159. The SMILES string of the molecule is O=CCc1ccns1. The summed E-state index contributed by atoms with van der Waals surface area (Å²) in [6.45, 7) is 0. The lowest BCUT2D eigenvalue weighted by atomic mass is 10.4. The van der Waals surface area contributed by atoms with E-state index in [1.165, 1.54) is 11.5 Å². The molecule has 0 amide bonds. The highest BCUT2D eigenvalue weighted by molar-refractivity contribution is 7.05. The fourth-order valence-electron chi connectivity index (χ4n) is 0.430. The van der Waals surface area contributed by atoms with Crippen molar-refractivity contribution in [2.45, 2.75) is 6.42 Å². The minimum atomic E-state index is 0.505. The molecule has 0 saturated heterocycles. The fraction of sp³-hybridized carbons (Fsp3) is 0.200. The number of rotatable bonds is 2. The van der Waals surface area contributed by atoms with Crippen molar-refractivity contribution in [1.29, 1.82) is 0 Å². The van der Waals surface area contributed by atoms with E-state index in [1.807, 2.05) is 6.07 Å². The van der Waals surface area contributed by atoms with Gasteiger partial charge in [0.05, 0.1) is 0 Å². The Morgan fingerprint density at radius 1 is 1.88 bits per heavy atom. The highest BCUT2D eigenvalue weighted by Crippen LogP contribution is 2.02. The molecular formula is C5H5NOS. The second kappa shape index (κ2) is 2.57. The molecule has 1 heterocycles. The number of aromatic nitrogens is 1. The number of carbonyl (C=O) groups excluding carboxylic acids is 1. The quantitative estimate of drug-likeness (QED) is 0.552. The molecule has 2 nitrogen and oxygen atoms in total. The molecule has 0 unspecified atom stereocenters. The third-order valence-corrected chi connectivity index (χ3v) is 1.54. The van der Waals surface area contributed by atoms with Crippen molar-refractivity contribution in [3.63, 3.8) is 0 Å². The molecule has 0 N–H and O–H groups in total. The molecule has 0 radical (unpaired) electrons. The zero-order chi connectivity index (χ0) is 5.82. The largest absolute Gasteiger partial charge is 0.303 e. The number of aldehydes is 1. The van der Waals surface area contributed by atoms with Crippen molar-refractivity contribution in [3.8, 4) is 0 Å².